The van der Waals surface area contributed by atoms with Crippen LogP contribution in [0.25, 0.3) is 11.0 Å². The van der Waals surface area contributed by atoms with Crippen molar-refractivity contribution in [2.75, 3.05) is 0 Å². The molecule has 2 amide bonds. The van der Waals surface area contributed by atoms with Gasteiger partial charge in [0, 0.05) is 11.4 Å². The van der Waals surface area contributed by atoms with Crippen LogP contribution < -0.4 is 10.7 Å². The molecule has 1 aliphatic rings. The minimum atomic E-state index is -0.766. The van der Waals surface area contributed by atoms with Gasteiger partial charge < -0.3 is 9.73 Å². The predicted molar refractivity (Wildman–Crippen MR) is 77.7 cm³/mol. The Kier molecular flexibility index (Phi) is 3.43. The summed E-state index contributed by atoms with van der Waals surface area (Å²) in [6.07, 6.45) is 1.86. The van der Waals surface area contributed by atoms with Gasteiger partial charge in [-0.3, -0.25) is 9.59 Å². The summed E-state index contributed by atoms with van der Waals surface area (Å²) in [5, 5.41) is 7.45. The predicted octanol–water partition coefficient (Wildman–Crippen LogP) is 1.55. The number of nitrogens with zero attached hydrogens (tertiary/aromatic N) is 1. The normalized spacial score (nSPS) is 15.0. The average Bonchev–Trinajstić information content (AvgIpc) is 3.18. The third-order valence-corrected chi connectivity index (χ3v) is 3.23. The molecule has 2 aromatic rings. The lowest BCUT2D eigenvalue weighted by atomic mass is 10.2. The molecular formula is C15H15N3O3. The molecule has 1 aromatic carbocycles. The fourth-order valence-corrected chi connectivity index (χ4v) is 1.88. The maximum atomic E-state index is 11.6. The number of fused-ring (bicyclic) bond motifs is 1. The Labute approximate surface area is 121 Å². The van der Waals surface area contributed by atoms with E-state index in [1.807, 2.05) is 30.3 Å². The van der Waals surface area contributed by atoms with Crippen LogP contribution in [-0.2, 0) is 9.59 Å². The van der Waals surface area contributed by atoms with Gasteiger partial charge in [-0.2, -0.15) is 5.10 Å². The van der Waals surface area contributed by atoms with Gasteiger partial charge in [0.05, 0.1) is 0 Å². The Bertz CT molecular complexity index is 696. The second-order valence-electron chi connectivity index (χ2n) is 5.03. The number of nitrogens with one attached hydrogen (secondary N) is 2. The Hall–Kier alpha value is -2.63. The number of benzene rings is 1. The molecule has 108 valence electrons. The highest BCUT2D eigenvalue weighted by Crippen LogP contribution is 2.19. The molecule has 2 N–H and O–H groups in total. The molecule has 6 heteroatoms. The zero-order valence-electron chi connectivity index (χ0n) is 11.6. The van der Waals surface area contributed by atoms with Crippen LogP contribution in [0.4, 0.5) is 0 Å². The fourth-order valence-electron chi connectivity index (χ4n) is 1.88. The molecule has 0 atom stereocenters. The molecule has 0 aliphatic heterocycles. The Morgan fingerprint density at radius 1 is 1.24 bits per heavy atom. The molecule has 0 bridgehead atoms. The first-order chi connectivity index (χ1) is 10.1. The van der Waals surface area contributed by atoms with Crippen molar-refractivity contribution in [3.8, 4) is 0 Å². The van der Waals surface area contributed by atoms with Crippen LogP contribution >= 0.6 is 0 Å². The Balaban J connectivity index is 1.67. The highest BCUT2D eigenvalue weighted by molar-refractivity contribution is 6.35. The lowest BCUT2D eigenvalue weighted by molar-refractivity contribution is -0.139. The number of carbonyl (C=O) groups excluding carboxylic acids is 2. The van der Waals surface area contributed by atoms with Crippen LogP contribution in [0.3, 0.4) is 0 Å². The number of hydrazone groups is 1. The molecule has 21 heavy (non-hydrogen) atoms. The lowest BCUT2D eigenvalue weighted by Crippen LogP contribution is -2.39. The molecule has 1 aliphatic carbocycles. The van der Waals surface area contributed by atoms with Crippen molar-refractivity contribution < 1.29 is 14.0 Å². The molecule has 0 saturated heterocycles. The zero-order valence-corrected chi connectivity index (χ0v) is 11.6. The zero-order chi connectivity index (χ0) is 14.8. The van der Waals surface area contributed by atoms with Crippen molar-refractivity contribution in [3.05, 3.63) is 36.1 Å². The summed E-state index contributed by atoms with van der Waals surface area (Å²) in [6.45, 7) is 1.71. The molecule has 1 aromatic heterocycles. The monoisotopic (exact) mass is 285 g/mol. The third-order valence-electron chi connectivity index (χ3n) is 3.23. The number of amides is 2. The highest BCUT2D eigenvalue weighted by atomic mass is 16.3. The van der Waals surface area contributed by atoms with E-state index in [9.17, 15) is 9.59 Å². The van der Waals surface area contributed by atoms with Gasteiger partial charge in [0.1, 0.15) is 11.3 Å². The molecule has 1 fully saturated rings. The summed E-state index contributed by atoms with van der Waals surface area (Å²) >= 11 is 0. The molecule has 0 unspecified atom stereocenters. The van der Waals surface area contributed by atoms with E-state index >= 15 is 0 Å². The van der Waals surface area contributed by atoms with Crippen molar-refractivity contribution in [3.63, 3.8) is 0 Å². The summed E-state index contributed by atoms with van der Waals surface area (Å²) in [7, 11) is 0. The quantitative estimate of drug-likeness (QED) is 0.510. The van der Waals surface area contributed by atoms with Crippen molar-refractivity contribution in [1.82, 2.24) is 10.7 Å². The van der Waals surface area contributed by atoms with Crippen LogP contribution in [0.1, 0.15) is 25.5 Å². The van der Waals surface area contributed by atoms with E-state index in [0.717, 1.165) is 23.8 Å². The van der Waals surface area contributed by atoms with Crippen LogP contribution in [0.15, 0.2) is 39.9 Å². The fraction of sp³-hybridized carbons (Fsp3) is 0.267. The van der Waals surface area contributed by atoms with Gasteiger partial charge in [0.25, 0.3) is 0 Å². The average molecular weight is 285 g/mol. The minimum absolute atomic E-state index is 0.142. The van der Waals surface area contributed by atoms with E-state index in [0.29, 0.717) is 11.5 Å². The maximum Gasteiger partial charge on any atom is 0.329 e. The molecular weight excluding hydrogens is 270 g/mol. The summed E-state index contributed by atoms with van der Waals surface area (Å²) in [4.78, 5) is 23.0. The van der Waals surface area contributed by atoms with E-state index in [-0.39, 0.29) is 6.04 Å². The maximum absolute atomic E-state index is 11.6. The van der Waals surface area contributed by atoms with E-state index in [2.05, 4.69) is 15.8 Å². The van der Waals surface area contributed by atoms with E-state index in [1.54, 1.807) is 6.92 Å². The van der Waals surface area contributed by atoms with Gasteiger partial charge in [-0.1, -0.05) is 18.2 Å². The number of para-hydroxylation sites is 1. The number of hydrogen-bond acceptors (Lipinski definition) is 4. The number of hydrogen-bond donors (Lipinski definition) is 2. The summed E-state index contributed by atoms with van der Waals surface area (Å²) < 4.78 is 5.61. The Morgan fingerprint density at radius 2 is 2.00 bits per heavy atom. The molecule has 1 heterocycles. The van der Waals surface area contributed by atoms with E-state index in [4.69, 9.17) is 4.42 Å². The second kappa shape index (κ2) is 5.40. The van der Waals surface area contributed by atoms with Gasteiger partial charge in [-0.05, 0) is 31.9 Å². The molecule has 0 spiro atoms. The first-order valence-corrected chi connectivity index (χ1v) is 6.77. The molecule has 1 saturated carbocycles. The topological polar surface area (TPSA) is 83.7 Å². The van der Waals surface area contributed by atoms with Crippen LogP contribution in [0, 0.1) is 0 Å². The van der Waals surface area contributed by atoms with Gasteiger partial charge in [0.2, 0.25) is 0 Å². The summed E-state index contributed by atoms with van der Waals surface area (Å²) in [5.41, 5.74) is 3.48. The van der Waals surface area contributed by atoms with Crippen molar-refractivity contribution >= 4 is 28.5 Å². The standard InChI is InChI=1S/C15H15N3O3/c1-9(13-8-10-4-2-3-5-12(10)21-13)17-18-15(20)14(19)16-11-6-7-11/h2-5,8,11H,6-7H2,1H3,(H,16,19)(H,18,20)/b17-9-. The molecule has 0 radical (unpaired) electrons. The van der Waals surface area contributed by atoms with Crippen molar-refractivity contribution in [2.45, 2.75) is 25.8 Å². The second-order valence-corrected chi connectivity index (χ2v) is 5.03. The molecule has 6 nitrogen and oxygen atoms in total. The molecule has 3 rings (SSSR count). The lowest BCUT2D eigenvalue weighted by Gasteiger charge is -2.01. The van der Waals surface area contributed by atoms with Gasteiger partial charge in [-0.15, -0.1) is 0 Å². The van der Waals surface area contributed by atoms with Crippen LogP contribution in [-0.4, -0.2) is 23.6 Å². The van der Waals surface area contributed by atoms with Gasteiger partial charge in [0.15, 0.2) is 5.76 Å². The van der Waals surface area contributed by atoms with Gasteiger partial charge in [-0.25, -0.2) is 5.43 Å². The van der Waals surface area contributed by atoms with E-state index in [1.165, 1.54) is 0 Å². The van der Waals surface area contributed by atoms with Crippen molar-refractivity contribution in [2.24, 2.45) is 5.10 Å². The van der Waals surface area contributed by atoms with E-state index < -0.39 is 11.8 Å². The van der Waals surface area contributed by atoms with Crippen molar-refractivity contribution in [1.29, 1.82) is 0 Å². The van der Waals surface area contributed by atoms with Crippen LogP contribution in [0.2, 0.25) is 0 Å². The number of carbonyl (C=O) groups is 2. The largest absolute Gasteiger partial charge is 0.455 e. The summed E-state index contributed by atoms with van der Waals surface area (Å²) in [5.74, 6) is -0.866. The highest BCUT2D eigenvalue weighted by Gasteiger charge is 2.26. The third kappa shape index (κ3) is 3.10. The Morgan fingerprint density at radius 3 is 2.71 bits per heavy atom. The first kappa shape index (κ1) is 13.4. The number of rotatable bonds is 3. The number of furan rings is 1. The smallest absolute Gasteiger partial charge is 0.329 e. The first-order valence-electron chi connectivity index (χ1n) is 6.77. The van der Waals surface area contributed by atoms with Crippen LogP contribution in [0.5, 0.6) is 0 Å². The van der Waals surface area contributed by atoms with Gasteiger partial charge >= 0.3 is 11.8 Å². The summed E-state index contributed by atoms with van der Waals surface area (Å²) in [6, 6.07) is 9.56. The minimum Gasteiger partial charge on any atom is -0.455 e. The SMILES string of the molecule is C/C(=N/NC(=O)C(=O)NC1CC1)c1cc2ccccc2o1.